The monoisotopic (exact) mass is 216 g/mol. The molecule has 0 aromatic heterocycles. The van der Waals surface area contributed by atoms with Crippen molar-refractivity contribution in [2.75, 3.05) is 24.6 Å². The number of rotatable bonds is 6. The van der Waals surface area contributed by atoms with Crippen molar-refractivity contribution in [3.63, 3.8) is 0 Å². The first kappa shape index (κ1) is 12.3. The number of hydrogen-bond acceptors (Lipinski definition) is 3. The lowest BCUT2D eigenvalue weighted by atomic mass is 9.96. The van der Waals surface area contributed by atoms with Gasteiger partial charge in [0, 0.05) is 17.8 Å². The Morgan fingerprint density at radius 1 is 1.43 bits per heavy atom. The molecule has 1 unspecified atom stereocenters. The first-order valence-corrected chi connectivity index (χ1v) is 6.94. The third-order valence-corrected chi connectivity index (χ3v) is 4.66. The highest BCUT2D eigenvalue weighted by Crippen LogP contribution is 2.27. The van der Waals surface area contributed by atoms with Crippen LogP contribution in [0.25, 0.3) is 0 Å². The topological polar surface area (TPSA) is 38.0 Å². The van der Waals surface area contributed by atoms with Gasteiger partial charge in [-0.05, 0) is 24.6 Å². The van der Waals surface area contributed by atoms with Gasteiger partial charge in [0.15, 0.2) is 0 Å². The number of nitrogens with two attached hydrogens (primary N) is 1. The van der Waals surface area contributed by atoms with Gasteiger partial charge in [-0.15, -0.1) is 0 Å². The van der Waals surface area contributed by atoms with Crippen molar-refractivity contribution in [3.8, 4) is 0 Å². The van der Waals surface area contributed by atoms with Gasteiger partial charge in [0.25, 0.3) is 0 Å². The van der Waals surface area contributed by atoms with Gasteiger partial charge in [0.2, 0.25) is 0 Å². The lowest BCUT2D eigenvalue weighted by molar-refractivity contribution is 0.328. The molecular formula is C11H24N2S. The minimum absolute atomic E-state index is 0.257. The fourth-order valence-corrected chi connectivity index (χ4v) is 3.35. The summed E-state index contributed by atoms with van der Waals surface area (Å²) in [6, 6.07) is 0. The molecule has 1 fully saturated rings. The SMILES string of the molecule is CCC(CC)CNC1(CN)CCSC1. The molecule has 0 spiro atoms. The molecule has 0 aliphatic carbocycles. The van der Waals surface area contributed by atoms with Crippen LogP contribution in [0.1, 0.15) is 33.1 Å². The van der Waals surface area contributed by atoms with Crippen LogP contribution in [0, 0.1) is 5.92 Å². The largest absolute Gasteiger partial charge is 0.329 e. The van der Waals surface area contributed by atoms with Crippen LogP contribution in [0.5, 0.6) is 0 Å². The summed E-state index contributed by atoms with van der Waals surface area (Å²) in [7, 11) is 0. The van der Waals surface area contributed by atoms with Crippen molar-refractivity contribution >= 4 is 11.8 Å². The number of hydrogen-bond donors (Lipinski definition) is 2. The van der Waals surface area contributed by atoms with Crippen LogP contribution in [0.3, 0.4) is 0 Å². The molecule has 0 aromatic rings. The fraction of sp³-hybridized carbons (Fsp3) is 1.00. The molecule has 1 aliphatic rings. The Morgan fingerprint density at radius 3 is 2.57 bits per heavy atom. The molecule has 84 valence electrons. The summed E-state index contributed by atoms with van der Waals surface area (Å²) in [4.78, 5) is 0. The number of thioether (sulfide) groups is 1. The Balaban J connectivity index is 2.33. The molecule has 3 N–H and O–H groups in total. The maximum atomic E-state index is 5.86. The normalized spacial score (nSPS) is 27.4. The third-order valence-electron chi connectivity index (χ3n) is 3.41. The average Bonchev–Trinajstić information content (AvgIpc) is 2.69. The molecule has 14 heavy (non-hydrogen) atoms. The van der Waals surface area contributed by atoms with Gasteiger partial charge < -0.3 is 11.1 Å². The van der Waals surface area contributed by atoms with Crippen LogP contribution < -0.4 is 11.1 Å². The van der Waals surface area contributed by atoms with Crippen molar-refractivity contribution in [1.29, 1.82) is 0 Å². The molecule has 0 radical (unpaired) electrons. The van der Waals surface area contributed by atoms with Crippen LogP contribution in [-0.4, -0.2) is 30.1 Å². The highest BCUT2D eigenvalue weighted by atomic mass is 32.2. The molecule has 1 aliphatic heterocycles. The first-order chi connectivity index (χ1) is 6.76. The molecule has 1 heterocycles. The minimum Gasteiger partial charge on any atom is -0.329 e. The fourth-order valence-electron chi connectivity index (χ4n) is 1.92. The zero-order valence-electron chi connectivity index (χ0n) is 9.51. The molecular weight excluding hydrogens is 192 g/mol. The van der Waals surface area contributed by atoms with Gasteiger partial charge in [-0.25, -0.2) is 0 Å². The van der Waals surface area contributed by atoms with E-state index in [1.807, 2.05) is 11.8 Å². The third kappa shape index (κ3) is 3.14. The lowest BCUT2D eigenvalue weighted by Gasteiger charge is -2.30. The summed E-state index contributed by atoms with van der Waals surface area (Å²) < 4.78 is 0. The Kier molecular flexibility index (Phi) is 5.28. The Bertz CT molecular complexity index is 151. The van der Waals surface area contributed by atoms with Crippen molar-refractivity contribution in [3.05, 3.63) is 0 Å². The van der Waals surface area contributed by atoms with E-state index in [2.05, 4.69) is 19.2 Å². The van der Waals surface area contributed by atoms with Crippen molar-refractivity contribution in [2.24, 2.45) is 11.7 Å². The molecule has 0 bridgehead atoms. The molecule has 0 aromatic carbocycles. The Labute approximate surface area is 92.4 Å². The van der Waals surface area contributed by atoms with E-state index in [9.17, 15) is 0 Å². The first-order valence-electron chi connectivity index (χ1n) is 5.79. The molecule has 1 rings (SSSR count). The summed E-state index contributed by atoms with van der Waals surface area (Å²) in [6.07, 6.45) is 3.79. The molecule has 3 heteroatoms. The summed E-state index contributed by atoms with van der Waals surface area (Å²) >= 11 is 2.03. The highest BCUT2D eigenvalue weighted by molar-refractivity contribution is 7.99. The Hall–Kier alpha value is 0.270. The summed E-state index contributed by atoms with van der Waals surface area (Å²) in [6.45, 7) is 6.48. The zero-order valence-corrected chi connectivity index (χ0v) is 10.3. The molecule has 0 saturated carbocycles. The van der Waals surface area contributed by atoms with Gasteiger partial charge >= 0.3 is 0 Å². The van der Waals surface area contributed by atoms with Gasteiger partial charge in [-0.1, -0.05) is 26.7 Å². The van der Waals surface area contributed by atoms with Gasteiger partial charge in [0.1, 0.15) is 0 Å². The quantitative estimate of drug-likeness (QED) is 0.711. The molecule has 0 amide bonds. The smallest absolute Gasteiger partial charge is 0.0403 e. The maximum absolute atomic E-state index is 5.86. The summed E-state index contributed by atoms with van der Waals surface area (Å²) in [5.41, 5.74) is 6.12. The van der Waals surface area contributed by atoms with E-state index >= 15 is 0 Å². The average molecular weight is 216 g/mol. The predicted octanol–water partition coefficient (Wildman–Crippen LogP) is 1.85. The second-order valence-corrected chi connectivity index (χ2v) is 5.46. The molecule has 2 nitrogen and oxygen atoms in total. The van der Waals surface area contributed by atoms with E-state index in [0.717, 1.165) is 19.0 Å². The van der Waals surface area contributed by atoms with E-state index in [1.54, 1.807) is 0 Å². The standard InChI is InChI=1S/C11H24N2S/c1-3-10(4-2)7-13-11(8-12)5-6-14-9-11/h10,13H,3-9,12H2,1-2H3. The van der Waals surface area contributed by atoms with E-state index in [-0.39, 0.29) is 5.54 Å². The Morgan fingerprint density at radius 2 is 2.14 bits per heavy atom. The van der Waals surface area contributed by atoms with Crippen molar-refractivity contribution in [2.45, 2.75) is 38.6 Å². The van der Waals surface area contributed by atoms with Crippen molar-refractivity contribution in [1.82, 2.24) is 5.32 Å². The zero-order chi connectivity index (χ0) is 10.4. The molecule has 1 atom stereocenters. The lowest BCUT2D eigenvalue weighted by Crippen LogP contribution is -2.52. The predicted molar refractivity (Wildman–Crippen MR) is 65.8 cm³/mol. The second kappa shape index (κ2) is 5.99. The van der Waals surface area contributed by atoms with E-state index in [4.69, 9.17) is 5.73 Å². The van der Waals surface area contributed by atoms with E-state index < -0.39 is 0 Å². The number of nitrogens with one attached hydrogen (secondary N) is 1. The van der Waals surface area contributed by atoms with Gasteiger partial charge in [-0.2, -0.15) is 11.8 Å². The van der Waals surface area contributed by atoms with E-state index in [0.29, 0.717) is 0 Å². The molecule has 1 saturated heterocycles. The van der Waals surface area contributed by atoms with Crippen LogP contribution >= 0.6 is 11.8 Å². The van der Waals surface area contributed by atoms with Crippen LogP contribution in [0.4, 0.5) is 0 Å². The maximum Gasteiger partial charge on any atom is 0.0403 e. The van der Waals surface area contributed by atoms with E-state index in [1.165, 1.54) is 30.8 Å². The summed E-state index contributed by atoms with van der Waals surface area (Å²) in [5, 5.41) is 3.70. The van der Waals surface area contributed by atoms with Gasteiger partial charge in [0.05, 0.1) is 0 Å². The van der Waals surface area contributed by atoms with Crippen LogP contribution in [-0.2, 0) is 0 Å². The minimum atomic E-state index is 0.257. The highest BCUT2D eigenvalue weighted by Gasteiger charge is 2.32. The second-order valence-electron chi connectivity index (χ2n) is 4.35. The van der Waals surface area contributed by atoms with Gasteiger partial charge in [-0.3, -0.25) is 0 Å². The summed E-state index contributed by atoms with van der Waals surface area (Å²) in [5.74, 6) is 3.29. The van der Waals surface area contributed by atoms with Crippen molar-refractivity contribution < 1.29 is 0 Å². The van der Waals surface area contributed by atoms with Crippen LogP contribution in [0.2, 0.25) is 0 Å². The van der Waals surface area contributed by atoms with Crippen LogP contribution in [0.15, 0.2) is 0 Å².